The van der Waals surface area contributed by atoms with E-state index >= 15 is 0 Å². The summed E-state index contributed by atoms with van der Waals surface area (Å²) in [6.45, 7) is 1.87. The fourth-order valence-corrected chi connectivity index (χ4v) is 2.66. The Morgan fingerprint density at radius 1 is 1.00 bits per heavy atom. The van der Waals surface area contributed by atoms with Crippen molar-refractivity contribution in [3.8, 4) is 5.75 Å². The second-order valence-corrected chi connectivity index (χ2v) is 5.22. The Labute approximate surface area is 145 Å². The number of hydrogen-bond acceptors (Lipinski definition) is 5. The maximum atomic E-state index is 5.96. The molecule has 0 amide bonds. The van der Waals surface area contributed by atoms with E-state index in [1.165, 1.54) is 0 Å². The van der Waals surface area contributed by atoms with Crippen LogP contribution in [-0.4, -0.2) is 17.1 Å². The number of anilines is 2. The summed E-state index contributed by atoms with van der Waals surface area (Å²) >= 11 is 0. The van der Waals surface area contributed by atoms with Gasteiger partial charge in [0.2, 0.25) is 0 Å². The van der Waals surface area contributed by atoms with Crippen LogP contribution >= 0.6 is 12.4 Å². The molecule has 0 atom stereocenters. The monoisotopic (exact) mass is 341 g/mol. The number of furan rings is 1. The van der Waals surface area contributed by atoms with Crippen LogP contribution in [0.15, 0.2) is 52.9 Å². The molecule has 0 saturated carbocycles. The summed E-state index contributed by atoms with van der Waals surface area (Å²) in [4.78, 5) is 9.03. The lowest BCUT2D eigenvalue weighted by atomic mass is 10.2. The second kappa shape index (κ2) is 6.37. The largest absolute Gasteiger partial charge is 0.495 e. The summed E-state index contributed by atoms with van der Waals surface area (Å²) in [7, 11) is 1.64. The van der Waals surface area contributed by atoms with Gasteiger partial charge >= 0.3 is 0 Å². The first-order chi connectivity index (χ1) is 11.3. The quantitative estimate of drug-likeness (QED) is 0.576. The van der Waals surface area contributed by atoms with E-state index in [2.05, 4.69) is 15.3 Å². The van der Waals surface area contributed by atoms with Gasteiger partial charge in [0.25, 0.3) is 0 Å². The van der Waals surface area contributed by atoms with Crippen molar-refractivity contribution in [2.24, 2.45) is 0 Å². The molecule has 2 aromatic heterocycles. The van der Waals surface area contributed by atoms with Crippen molar-refractivity contribution in [3.05, 3.63) is 54.4 Å². The summed E-state index contributed by atoms with van der Waals surface area (Å²) in [5.41, 5.74) is 3.08. The molecule has 0 radical (unpaired) electrons. The number of aryl methyl sites for hydroxylation is 1. The normalized spacial score (nSPS) is 10.6. The van der Waals surface area contributed by atoms with Gasteiger partial charge in [-0.05, 0) is 31.2 Å². The first-order valence-corrected chi connectivity index (χ1v) is 7.32. The minimum absolute atomic E-state index is 0. The molecule has 5 nitrogen and oxygen atoms in total. The molecule has 2 heterocycles. The number of methoxy groups -OCH3 is 1. The number of halogens is 1. The summed E-state index contributed by atoms with van der Waals surface area (Å²) in [5, 5.41) is 4.28. The second-order valence-electron chi connectivity index (χ2n) is 5.22. The first-order valence-electron chi connectivity index (χ1n) is 7.32. The van der Waals surface area contributed by atoms with Gasteiger partial charge < -0.3 is 14.5 Å². The zero-order valence-electron chi connectivity index (χ0n) is 13.2. The van der Waals surface area contributed by atoms with E-state index in [0.29, 0.717) is 17.2 Å². The number of fused-ring (bicyclic) bond motifs is 3. The lowest BCUT2D eigenvalue weighted by Crippen LogP contribution is -1.99. The molecule has 0 aliphatic rings. The Morgan fingerprint density at radius 3 is 2.58 bits per heavy atom. The van der Waals surface area contributed by atoms with Gasteiger partial charge in [0.05, 0.1) is 12.8 Å². The van der Waals surface area contributed by atoms with Crippen molar-refractivity contribution in [3.63, 3.8) is 0 Å². The van der Waals surface area contributed by atoms with E-state index < -0.39 is 0 Å². The Bertz CT molecular complexity index is 1010. The molecule has 4 aromatic rings. The summed E-state index contributed by atoms with van der Waals surface area (Å²) in [5.74, 6) is 2.06. The minimum Gasteiger partial charge on any atom is -0.495 e. The van der Waals surface area contributed by atoms with Crippen LogP contribution in [0.1, 0.15) is 5.82 Å². The highest BCUT2D eigenvalue weighted by Crippen LogP contribution is 2.34. The number of rotatable bonds is 3. The van der Waals surface area contributed by atoms with Crippen molar-refractivity contribution in [2.45, 2.75) is 6.92 Å². The highest BCUT2D eigenvalue weighted by molar-refractivity contribution is 6.06. The number of nitrogens with zero attached hydrogens (tertiary/aromatic N) is 2. The van der Waals surface area contributed by atoms with E-state index in [1.807, 2.05) is 55.5 Å². The van der Waals surface area contributed by atoms with E-state index in [-0.39, 0.29) is 12.4 Å². The van der Waals surface area contributed by atoms with Crippen LogP contribution in [0, 0.1) is 6.92 Å². The number of aromatic nitrogens is 2. The molecule has 0 aliphatic carbocycles. The number of ether oxygens (including phenoxy) is 1. The molecule has 0 spiro atoms. The van der Waals surface area contributed by atoms with Gasteiger partial charge in [-0.25, -0.2) is 9.97 Å². The van der Waals surface area contributed by atoms with Gasteiger partial charge in [-0.1, -0.05) is 24.3 Å². The molecule has 24 heavy (non-hydrogen) atoms. The van der Waals surface area contributed by atoms with Crippen LogP contribution in [0.4, 0.5) is 11.5 Å². The van der Waals surface area contributed by atoms with Crippen LogP contribution < -0.4 is 10.1 Å². The fourth-order valence-electron chi connectivity index (χ4n) is 2.66. The molecule has 0 unspecified atom stereocenters. The Hall–Kier alpha value is -2.79. The first kappa shape index (κ1) is 16.1. The van der Waals surface area contributed by atoms with Crippen molar-refractivity contribution in [1.82, 2.24) is 9.97 Å². The average molecular weight is 342 g/mol. The van der Waals surface area contributed by atoms with Crippen LogP contribution in [0.2, 0.25) is 0 Å². The molecule has 122 valence electrons. The fraction of sp³-hybridized carbons (Fsp3) is 0.111. The van der Waals surface area contributed by atoms with Crippen LogP contribution in [-0.2, 0) is 0 Å². The molecule has 0 fully saturated rings. The van der Waals surface area contributed by atoms with Crippen molar-refractivity contribution in [1.29, 1.82) is 0 Å². The summed E-state index contributed by atoms with van der Waals surface area (Å²) < 4.78 is 11.3. The van der Waals surface area contributed by atoms with E-state index in [0.717, 1.165) is 27.9 Å². The molecule has 0 bridgehead atoms. The molecule has 0 aliphatic heterocycles. The Kier molecular flexibility index (Phi) is 4.27. The smallest absolute Gasteiger partial charge is 0.196 e. The zero-order valence-corrected chi connectivity index (χ0v) is 14.1. The van der Waals surface area contributed by atoms with Crippen molar-refractivity contribution >= 4 is 46.0 Å². The van der Waals surface area contributed by atoms with E-state index in [9.17, 15) is 0 Å². The third-order valence-corrected chi connectivity index (χ3v) is 3.69. The predicted octanol–water partition coefficient (Wildman–Crippen LogP) is 4.86. The van der Waals surface area contributed by atoms with E-state index in [4.69, 9.17) is 9.15 Å². The molecular formula is C18H16ClN3O2. The molecule has 2 aromatic carbocycles. The third-order valence-electron chi connectivity index (χ3n) is 3.69. The van der Waals surface area contributed by atoms with Gasteiger partial charge in [0.1, 0.15) is 22.7 Å². The highest BCUT2D eigenvalue weighted by atomic mass is 35.5. The number of para-hydroxylation sites is 3. The predicted molar refractivity (Wildman–Crippen MR) is 97.6 cm³/mol. The van der Waals surface area contributed by atoms with Gasteiger partial charge in [0.15, 0.2) is 11.4 Å². The molecule has 6 heteroatoms. The number of hydrogen-bond donors (Lipinski definition) is 1. The summed E-state index contributed by atoms with van der Waals surface area (Å²) in [6, 6.07) is 15.5. The number of nitrogens with one attached hydrogen (secondary N) is 1. The minimum atomic E-state index is 0. The van der Waals surface area contributed by atoms with Crippen LogP contribution in [0.25, 0.3) is 22.1 Å². The van der Waals surface area contributed by atoms with Crippen molar-refractivity contribution < 1.29 is 9.15 Å². The third kappa shape index (κ3) is 2.63. The average Bonchev–Trinajstić information content (AvgIpc) is 2.94. The highest BCUT2D eigenvalue weighted by Gasteiger charge is 2.15. The van der Waals surface area contributed by atoms with Gasteiger partial charge in [-0.2, -0.15) is 0 Å². The SMILES string of the molecule is COc1ccccc1Nc1nc(C)nc2c1oc1ccccc12.Cl. The van der Waals surface area contributed by atoms with Crippen LogP contribution in [0.5, 0.6) is 5.75 Å². The van der Waals surface area contributed by atoms with Gasteiger partial charge in [0, 0.05) is 5.39 Å². The standard InChI is InChI=1S/C18H15N3O2.ClH/c1-11-19-16-12-7-3-5-9-14(12)23-17(16)18(20-11)21-13-8-4-6-10-15(13)22-2;/h3-10H,1-2H3,(H,19,20,21);1H. The maximum Gasteiger partial charge on any atom is 0.196 e. The number of benzene rings is 2. The molecular weight excluding hydrogens is 326 g/mol. The van der Waals surface area contributed by atoms with E-state index in [1.54, 1.807) is 7.11 Å². The lowest BCUT2D eigenvalue weighted by molar-refractivity contribution is 0.417. The van der Waals surface area contributed by atoms with Gasteiger partial charge in [-0.15, -0.1) is 12.4 Å². The topological polar surface area (TPSA) is 60.2 Å². The lowest BCUT2D eigenvalue weighted by Gasteiger charge is -2.10. The molecule has 4 rings (SSSR count). The Balaban J connectivity index is 0.00000169. The van der Waals surface area contributed by atoms with Gasteiger partial charge in [-0.3, -0.25) is 0 Å². The van der Waals surface area contributed by atoms with Crippen molar-refractivity contribution in [2.75, 3.05) is 12.4 Å². The molecule has 1 N–H and O–H groups in total. The maximum absolute atomic E-state index is 5.96. The summed E-state index contributed by atoms with van der Waals surface area (Å²) in [6.07, 6.45) is 0. The Morgan fingerprint density at radius 2 is 1.75 bits per heavy atom. The molecule has 0 saturated heterocycles. The van der Waals surface area contributed by atoms with Crippen LogP contribution in [0.3, 0.4) is 0 Å². The zero-order chi connectivity index (χ0) is 15.8.